The van der Waals surface area contributed by atoms with Crippen LogP contribution in [0.25, 0.3) is 22.9 Å². The molecule has 0 unspecified atom stereocenters. The zero-order valence-electron chi connectivity index (χ0n) is 37.0. The Kier molecular flexibility index (Phi) is 16.8. The standard InChI is InChI=1S/C26H27F3N4O3.C22H21F3N4O2.ClH/c1-17(2)23(34)32-14-12-20(13-15-32)24(35)33(21-6-4-3-5-7-21)16-18-8-10-19(11-9-18)22-30-31-25(36-22)26(27,28)29;23-22(24,25)21-28-27-19(31-21)16-8-6-15(7-9-16)14-29(18-4-2-1-3-5-18)20(30)17-10-12-26-13-11-17;/h3-11,17,20H,12-16H2,1-2H3;1-9,17,26H,10-14H2;1H. The minimum atomic E-state index is -4.71. The molecule has 6 aromatic rings. The van der Waals surface area contributed by atoms with Gasteiger partial charge in [-0.2, -0.15) is 26.3 Å². The fourth-order valence-electron chi connectivity index (χ4n) is 7.81. The number of alkyl halides is 6. The van der Waals surface area contributed by atoms with Crippen LogP contribution in [0.15, 0.2) is 118 Å². The molecule has 0 atom stereocenters. The lowest BCUT2D eigenvalue weighted by Crippen LogP contribution is -2.45. The summed E-state index contributed by atoms with van der Waals surface area (Å²) in [6.45, 7) is 7.11. The normalized spacial score (nSPS) is 14.7. The van der Waals surface area contributed by atoms with Crippen LogP contribution in [0.5, 0.6) is 0 Å². The van der Waals surface area contributed by atoms with Crippen LogP contribution in [-0.2, 0) is 39.8 Å². The molecule has 360 valence electrons. The Bertz CT molecular complexity index is 2560. The highest BCUT2D eigenvalue weighted by atomic mass is 35.5. The zero-order valence-corrected chi connectivity index (χ0v) is 37.9. The van der Waals surface area contributed by atoms with E-state index in [9.17, 15) is 40.7 Å². The molecule has 0 bridgehead atoms. The Balaban J connectivity index is 0.000000223. The van der Waals surface area contributed by atoms with Crippen molar-refractivity contribution in [1.29, 1.82) is 0 Å². The SMILES string of the molecule is CC(C)C(=O)N1CCC(C(=O)N(Cc2ccc(-c3nnc(C(F)(F)F)o3)cc2)c2ccccc2)CC1.Cl.O=C(C1CCNCC1)N(Cc1ccc(-c2nnc(C(F)(F)F)o2)cc1)c1ccccc1. The molecule has 0 saturated carbocycles. The summed E-state index contributed by atoms with van der Waals surface area (Å²) < 4.78 is 85.8. The van der Waals surface area contributed by atoms with Crippen LogP contribution in [0, 0.1) is 17.8 Å². The summed E-state index contributed by atoms with van der Waals surface area (Å²) in [5.41, 5.74) is 3.91. The van der Waals surface area contributed by atoms with E-state index in [2.05, 4.69) is 25.7 Å². The Morgan fingerprint density at radius 1 is 0.603 bits per heavy atom. The first-order chi connectivity index (χ1) is 32.0. The number of para-hydroxylation sites is 2. The molecule has 13 nitrogen and oxygen atoms in total. The van der Waals surface area contributed by atoms with Crippen molar-refractivity contribution in [3.05, 3.63) is 132 Å². The van der Waals surface area contributed by atoms with E-state index in [1.165, 1.54) is 0 Å². The van der Waals surface area contributed by atoms with Gasteiger partial charge in [0, 0.05) is 53.3 Å². The number of carbonyl (C=O) groups excluding carboxylic acids is 3. The van der Waals surface area contributed by atoms with Crippen molar-refractivity contribution in [2.45, 2.75) is 65.0 Å². The van der Waals surface area contributed by atoms with Crippen LogP contribution < -0.4 is 15.1 Å². The molecule has 0 spiro atoms. The maximum atomic E-state index is 13.6. The summed E-state index contributed by atoms with van der Waals surface area (Å²) in [5, 5.41) is 16.3. The summed E-state index contributed by atoms with van der Waals surface area (Å²) in [5.74, 6) is -3.38. The maximum absolute atomic E-state index is 13.6. The molecule has 68 heavy (non-hydrogen) atoms. The van der Waals surface area contributed by atoms with Gasteiger partial charge >= 0.3 is 24.1 Å². The molecule has 2 fully saturated rings. The van der Waals surface area contributed by atoms with E-state index < -0.39 is 24.1 Å². The van der Waals surface area contributed by atoms with E-state index in [1.54, 1.807) is 58.3 Å². The van der Waals surface area contributed by atoms with Crippen molar-refractivity contribution in [2.75, 3.05) is 36.0 Å². The first-order valence-electron chi connectivity index (χ1n) is 21.8. The Labute approximate surface area is 394 Å². The van der Waals surface area contributed by atoms with E-state index in [0.717, 1.165) is 48.4 Å². The number of hydrogen-bond acceptors (Lipinski definition) is 10. The summed E-state index contributed by atoms with van der Waals surface area (Å²) >= 11 is 0. The zero-order chi connectivity index (χ0) is 47.7. The van der Waals surface area contributed by atoms with Gasteiger partial charge in [-0.3, -0.25) is 14.4 Å². The summed E-state index contributed by atoms with van der Waals surface area (Å²) in [6, 6.07) is 32.1. The van der Waals surface area contributed by atoms with Gasteiger partial charge in [-0.1, -0.05) is 74.5 Å². The number of nitrogens with zero attached hydrogens (tertiary/aromatic N) is 7. The molecule has 2 aromatic heterocycles. The predicted molar refractivity (Wildman–Crippen MR) is 242 cm³/mol. The van der Waals surface area contributed by atoms with Gasteiger partial charge in [0.25, 0.3) is 0 Å². The summed E-state index contributed by atoms with van der Waals surface area (Å²) in [6.07, 6.45) is -6.62. The molecule has 0 aliphatic carbocycles. The van der Waals surface area contributed by atoms with Crippen molar-refractivity contribution < 1.29 is 49.6 Å². The highest BCUT2D eigenvalue weighted by molar-refractivity contribution is 5.96. The minimum Gasteiger partial charge on any atom is -0.413 e. The molecule has 3 amide bonds. The number of amides is 3. The van der Waals surface area contributed by atoms with Crippen molar-refractivity contribution in [1.82, 2.24) is 30.6 Å². The van der Waals surface area contributed by atoms with Gasteiger partial charge in [-0.15, -0.1) is 32.8 Å². The van der Waals surface area contributed by atoms with Gasteiger partial charge in [0.2, 0.25) is 29.5 Å². The van der Waals surface area contributed by atoms with Gasteiger partial charge in [0.05, 0.1) is 13.1 Å². The summed E-state index contributed by atoms with van der Waals surface area (Å²) in [4.78, 5) is 44.4. The first-order valence-corrected chi connectivity index (χ1v) is 21.8. The predicted octanol–water partition coefficient (Wildman–Crippen LogP) is 9.89. The summed E-state index contributed by atoms with van der Waals surface area (Å²) in [7, 11) is 0. The minimum absolute atomic E-state index is 0. The number of aromatic nitrogens is 4. The molecule has 4 heterocycles. The number of anilines is 2. The molecule has 20 heteroatoms. The van der Waals surface area contributed by atoms with Gasteiger partial charge in [0.1, 0.15) is 0 Å². The Hall–Kier alpha value is -6.60. The van der Waals surface area contributed by atoms with Crippen LogP contribution in [0.4, 0.5) is 37.7 Å². The van der Waals surface area contributed by atoms with Crippen LogP contribution in [0.3, 0.4) is 0 Å². The first kappa shape index (κ1) is 50.8. The molecular formula is C48H49ClF6N8O5. The third-order valence-corrected chi connectivity index (χ3v) is 11.4. The molecule has 1 N–H and O–H groups in total. The monoisotopic (exact) mass is 966 g/mol. The quantitative estimate of drug-likeness (QED) is 0.124. The van der Waals surface area contributed by atoms with Gasteiger partial charge in [-0.25, -0.2) is 0 Å². The largest absolute Gasteiger partial charge is 0.470 e. The number of piperidine rings is 2. The molecule has 2 aliphatic heterocycles. The second-order valence-corrected chi connectivity index (χ2v) is 16.5. The fourth-order valence-corrected chi connectivity index (χ4v) is 7.81. The average Bonchev–Trinajstić information content (AvgIpc) is 4.06. The number of carbonyl (C=O) groups is 3. The van der Waals surface area contributed by atoms with Crippen LogP contribution in [-0.4, -0.2) is 69.2 Å². The molecule has 0 radical (unpaired) electrons. The van der Waals surface area contributed by atoms with Gasteiger partial charge in [0.15, 0.2) is 0 Å². The number of benzene rings is 4. The van der Waals surface area contributed by atoms with Crippen LogP contribution in [0.1, 0.15) is 62.4 Å². The second kappa shape index (κ2) is 22.5. The maximum Gasteiger partial charge on any atom is 0.470 e. The van der Waals surface area contributed by atoms with E-state index in [-0.39, 0.29) is 66.2 Å². The number of likely N-dealkylation sites (tertiary alicyclic amines) is 1. The number of halogens is 7. The third-order valence-electron chi connectivity index (χ3n) is 11.4. The highest BCUT2D eigenvalue weighted by Gasteiger charge is 2.39. The topological polar surface area (TPSA) is 151 Å². The second-order valence-electron chi connectivity index (χ2n) is 16.5. The van der Waals surface area contributed by atoms with Gasteiger partial charge < -0.3 is 28.9 Å². The van der Waals surface area contributed by atoms with Crippen LogP contribution in [0.2, 0.25) is 0 Å². The van der Waals surface area contributed by atoms with Gasteiger partial charge in [-0.05, 0) is 98.4 Å². The number of rotatable bonds is 11. The van der Waals surface area contributed by atoms with Crippen molar-refractivity contribution in [3.8, 4) is 22.9 Å². The van der Waals surface area contributed by atoms with Crippen molar-refractivity contribution in [3.63, 3.8) is 0 Å². The average molecular weight is 967 g/mol. The van der Waals surface area contributed by atoms with Crippen LogP contribution >= 0.6 is 12.4 Å². The molecule has 4 aromatic carbocycles. The van der Waals surface area contributed by atoms with E-state index in [0.29, 0.717) is 43.6 Å². The Morgan fingerprint density at radius 3 is 1.34 bits per heavy atom. The number of nitrogens with one attached hydrogen (secondary N) is 1. The van der Waals surface area contributed by atoms with Crippen molar-refractivity contribution >= 4 is 41.5 Å². The lowest BCUT2D eigenvalue weighted by atomic mass is 9.94. The lowest BCUT2D eigenvalue weighted by molar-refractivity contribution is -0.157. The molecule has 8 rings (SSSR count). The van der Waals surface area contributed by atoms with E-state index in [1.807, 2.05) is 79.4 Å². The highest BCUT2D eigenvalue weighted by Crippen LogP contribution is 2.33. The number of hydrogen-bond donors (Lipinski definition) is 1. The van der Waals surface area contributed by atoms with Crippen molar-refractivity contribution in [2.24, 2.45) is 17.8 Å². The molecule has 2 saturated heterocycles. The van der Waals surface area contributed by atoms with E-state index in [4.69, 9.17) is 8.83 Å². The fraction of sp³-hybridized carbons (Fsp3) is 0.354. The molecular weight excluding hydrogens is 918 g/mol. The smallest absolute Gasteiger partial charge is 0.413 e. The lowest BCUT2D eigenvalue weighted by Gasteiger charge is -2.35. The van der Waals surface area contributed by atoms with E-state index >= 15 is 0 Å². The molecule has 2 aliphatic rings. The third kappa shape index (κ3) is 12.9. The Morgan fingerprint density at radius 2 is 0.985 bits per heavy atom.